The fourth-order valence-electron chi connectivity index (χ4n) is 2.10. The number of halogens is 1. The van der Waals surface area contributed by atoms with Crippen LogP contribution in [0.1, 0.15) is 24.8 Å². The first-order valence-corrected chi connectivity index (χ1v) is 7.70. The highest BCUT2D eigenvalue weighted by Crippen LogP contribution is 2.20. The number of anilines is 1. The zero-order valence-corrected chi connectivity index (χ0v) is 13.2. The zero-order chi connectivity index (χ0) is 14.4. The van der Waals surface area contributed by atoms with Crippen molar-refractivity contribution < 1.29 is 14.3 Å². The number of hydrogen-bond acceptors (Lipinski definition) is 3. The van der Waals surface area contributed by atoms with Gasteiger partial charge in [0.05, 0.1) is 25.7 Å². The molecular formula is C15H20BrNO3. The lowest BCUT2D eigenvalue weighted by Crippen LogP contribution is -2.18. The molecule has 1 atom stereocenters. The van der Waals surface area contributed by atoms with Crippen molar-refractivity contribution in [1.29, 1.82) is 0 Å². The Morgan fingerprint density at radius 1 is 1.55 bits per heavy atom. The van der Waals surface area contributed by atoms with E-state index in [2.05, 4.69) is 21.2 Å². The minimum Gasteiger partial charge on any atom is -0.378 e. The normalized spacial score (nSPS) is 18.2. The molecule has 0 aliphatic carbocycles. The first-order chi connectivity index (χ1) is 9.65. The number of aryl methyl sites for hydroxylation is 1. The van der Waals surface area contributed by atoms with E-state index in [1.54, 1.807) is 0 Å². The summed E-state index contributed by atoms with van der Waals surface area (Å²) in [6.45, 7) is 3.84. The predicted octanol–water partition coefficient (Wildman–Crippen LogP) is 3.28. The van der Waals surface area contributed by atoms with Crippen LogP contribution in [0.5, 0.6) is 0 Å². The molecule has 1 amide bonds. The van der Waals surface area contributed by atoms with Crippen LogP contribution in [0.4, 0.5) is 5.69 Å². The van der Waals surface area contributed by atoms with E-state index >= 15 is 0 Å². The van der Waals surface area contributed by atoms with E-state index < -0.39 is 0 Å². The van der Waals surface area contributed by atoms with Gasteiger partial charge >= 0.3 is 0 Å². The van der Waals surface area contributed by atoms with Crippen LogP contribution < -0.4 is 5.32 Å². The van der Waals surface area contributed by atoms with Gasteiger partial charge in [-0.25, -0.2) is 0 Å². The Morgan fingerprint density at radius 2 is 2.40 bits per heavy atom. The summed E-state index contributed by atoms with van der Waals surface area (Å²) >= 11 is 3.43. The Hall–Kier alpha value is -0.910. The molecule has 0 aromatic heterocycles. The fourth-order valence-corrected chi connectivity index (χ4v) is 2.35. The average molecular weight is 342 g/mol. The highest BCUT2D eigenvalue weighted by molar-refractivity contribution is 9.10. The third-order valence-electron chi connectivity index (χ3n) is 3.24. The third kappa shape index (κ3) is 4.89. The van der Waals surface area contributed by atoms with Gasteiger partial charge in [-0.2, -0.15) is 0 Å². The van der Waals surface area contributed by atoms with Crippen LogP contribution in [0.15, 0.2) is 22.7 Å². The van der Waals surface area contributed by atoms with E-state index in [1.807, 2.05) is 25.1 Å². The van der Waals surface area contributed by atoms with Gasteiger partial charge in [0.25, 0.3) is 0 Å². The summed E-state index contributed by atoms with van der Waals surface area (Å²) in [5.74, 6) is -0.0286. The Morgan fingerprint density at radius 3 is 3.10 bits per heavy atom. The van der Waals surface area contributed by atoms with Crippen molar-refractivity contribution in [3.63, 3.8) is 0 Å². The molecule has 1 heterocycles. The molecule has 5 heteroatoms. The molecule has 1 fully saturated rings. The highest BCUT2D eigenvalue weighted by atomic mass is 79.9. The zero-order valence-electron chi connectivity index (χ0n) is 11.7. The van der Waals surface area contributed by atoms with Gasteiger partial charge in [0, 0.05) is 16.8 Å². The van der Waals surface area contributed by atoms with E-state index in [1.165, 1.54) is 0 Å². The van der Waals surface area contributed by atoms with Crippen LogP contribution in [0.3, 0.4) is 0 Å². The number of carbonyl (C=O) groups excluding carboxylic acids is 1. The molecule has 0 unspecified atom stereocenters. The van der Waals surface area contributed by atoms with Crippen molar-refractivity contribution in [2.75, 3.05) is 25.1 Å². The van der Waals surface area contributed by atoms with Crippen LogP contribution in [0, 0.1) is 6.92 Å². The summed E-state index contributed by atoms with van der Waals surface area (Å²) < 4.78 is 12.0. The van der Waals surface area contributed by atoms with Crippen LogP contribution >= 0.6 is 15.9 Å². The Bertz CT molecular complexity index is 458. The number of ether oxygens (including phenoxy) is 2. The first-order valence-electron chi connectivity index (χ1n) is 6.90. The van der Waals surface area contributed by atoms with Gasteiger partial charge in [0.1, 0.15) is 0 Å². The van der Waals surface area contributed by atoms with Crippen molar-refractivity contribution in [2.45, 2.75) is 32.3 Å². The summed E-state index contributed by atoms with van der Waals surface area (Å²) in [5, 5.41) is 2.87. The van der Waals surface area contributed by atoms with Crippen LogP contribution in [-0.2, 0) is 14.3 Å². The van der Waals surface area contributed by atoms with E-state index in [0.717, 1.165) is 35.2 Å². The van der Waals surface area contributed by atoms with Crippen molar-refractivity contribution in [3.05, 3.63) is 28.2 Å². The quantitative estimate of drug-likeness (QED) is 0.807. The molecule has 1 saturated heterocycles. The Labute approximate surface area is 128 Å². The number of amides is 1. The highest BCUT2D eigenvalue weighted by Gasteiger charge is 2.15. The predicted molar refractivity (Wildman–Crippen MR) is 81.9 cm³/mol. The summed E-state index contributed by atoms with van der Waals surface area (Å²) in [6.07, 6.45) is 2.75. The number of benzene rings is 1. The molecule has 0 bridgehead atoms. The number of nitrogens with one attached hydrogen (secondary N) is 1. The maximum absolute atomic E-state index is 11.8. The van der Waals surface area contributed by atoms with Gasteiger partial charge in [-0.15, -0.1) is 0 Å². The average Bonchev–Trinajstić information content (AvgIpc) is 2.92. The van der Waals surface area contributed by atoms with Crippen molar-refractivity contribution in [2.24, 2.45) is 0 Å². The number of rotatable bonds is 6. The summed E-state index contributed by atoms with van der Waals surface area (Å²) in [7, 11) is 0. The standard InChI is InChI=1S/C15H20BrNO3/c1-11-9-12(4-5-14(11)16)17-15(18)6-8-19-10-13-3-2-7-20-13/h4-5,9,13H,2-3,6-8,10H2,1H3,(H,17,18)/t13-/m1/s1. The molecule has 1 aliphatic heterocycles. The monoisotopic (exact) mass is 341 g/mol. The van der Waals surface area contributed by atoms with Crippen LogP contribution in [0.2, 0.25) is 0 Å². The van der Waals surface area contributed by atoms with Crippen molar-refractivity contribution in [3.8, 4) is 0 Å². The Balaban J connectivity index is 1.65. The number of hydrogen-bond donors (Lipinski definition) is 1. The lowest BCUT2D eigenvalue weighted by atomic mass is 10.2. The molecule has 4 nitrogen and oxygen atoms in total. The molecule has 1 aliphatic rings. The first kappa shape index (κ1) is 15.5. The molecule has 110 valence electrons. The smallest absolute Gasteiger partial charge is 0.226 e. The second-order valence-corrected chi connectivity index (χ2v) is 5.83. The van der Waals surface area contributed by atoms with Gasteiger partial charge in [-0.3, -0.25) is 4.79 Å². The Kier molecular flexibility index (Phi) is 6.01. The minimum absolute atomic E-state index is 0.0286. The maximum atomic E-state index is 11.8. The lowest BCUT2D eigenvalue weighted by molar-refractivity contribution is -0.117. The number of carbonyl (C=O) groups is 1. The molecular weight excluding hydrogens is 322 g/mol. The van der Waals surface area contributed by atoms with Gasteiger partial charge < -0.3 is 14.8 Å². The van der Waals surface area contributed by atoms with E-state index in [4.69, 9.17) is 9.47 Å². The fraction of sp³-hybridized carbons (Fsp3) is 0.533. The molecule has 20 heavy (non-hydrogen) atoms. The van der Waals surface area contributed by atoms with Gasteiger partial charge in [0.2, 0.25) is 5.91 Å². The SMILES string of the molecule is Cc1cc(NC(=O)CCOC[C@H]2CCCO2)ccc1Br. The molecule has 1 aromatic carbocycles. The topological polar surface area (TPSA) is 47.6 Å². The van der Waals surface area contributed by atoms with E-state index in [9.17, 15) is 4.79 Å². The lowest BCUT2D eigenvalue weighted by Gasteiger charge is -2.10. The summed E-state index contributed by atoms with van der Waals surface area (Å²) in [6, 6.07) is 5.75. The molecule has 1 N–H and O–H groups in total. The van der Waals surface area contributed by atoms with Gasteiger partial charge in [0.15, 0.2) is 0 Å². The molecule has 0 saturated carbocycles. The summed E-state index contributed by atoms with van der Waals surface area (Å²) in [4.78, 5) is 11.8. The summed E-state index contributed by atoms with van der Waals surface area (Å²) in [5.41, 5.74) is 1.91. The van der Waals surface area contributed by atoms with Gasteiger partial charge in [-0.1, -0.05) is 15.9 Å². The van der Waals surface area contributed by atoms with Crippen molar-refractivity contribution >= 4 is 27.5 Å². The second kappa shape index (κ2) is 7.76. The second-order valence-electron chi connectivity index (χ2n) is 4.97. The minimum atomic E-state index is -0.0286. The molecule has 1 aromatic rings. The van der Waals surface area contributed by atoms with Crippen LogP contribution in [0.25, 0.3) is 0 Å². The molecule has 0 spiro atoms. The largest absolute Gasteiger partial charge is 0.378 e. The maximum Gasteiger partial charge on any atom is 0.226 e. The molecule has 0 radical (unpaired) electrons. The molecule has 2 rings (SSSR count). The van der Waals surface area contributed by atoms with E-state index in [0.29, 0.717) is 19.6 Å². The van der Waals surface area contributed by atoms with Gasteiger partial charge in [-0.05, 0) is 43.5 Å². The van der Waals surface area contributed by atoms with E-state index in [-0.39, 0.29) is 12.0 Å². The third-order valence-corrected chi connectivity index (χ3v) is 4.13. The van der Waals surface area contributed by atoms with Crippen molar-refractivity contribution in [1.82, 2.24) is 0 Å². The van der Waals surface area contributed by atoms with Crippen LogP contribution in [-0.4, -0.2) is 31.8 Å².